The fourth-order valence-corrected chi connectivity index (χ4v) is 5.99. The van der Waals surface area contributed by atoms with E-state index in [1.165, 1.54) is 12.1 Å². The lowest BCUT2D eigenvalue weighted by Gasteiger charge is -2.34. The summed E-state index contributed by atoms with van der Waals surface area (Å²) < 4.78 is 20.6. The molecule has 11 nitrogen and oxygen atoms in total. The Balaban J connectivity index is 1.42. The average Bonchev–Trinajstić information content (AvgIpc) is 3.54. The van der Waals surface area contributed by atoms with Crippen LogP contribution in [0, 0.1) is 5.82 Å². The minimum absolute atomic E-state index is 0.0688. The summed E-state index contributed by atoms with van der Waals surface area (Å²) in [6.07, 6.45) is -0.760. The first-order chi connectivity index (χ1) is 20.5. The van der Waals surface area contributed by atoms with Crippen LogP contribution in [0.3, 0.4) is 0 Å². The summed E-state index contributed by atoms with van der Waals surface area (Å²) in [6, 6.07) is 13.0. The number of likely N-dealkylation sites (N-methyl/N-ethyl adjacent to an activating group) is 1. The molecule has 2 aromatic carbocycles. The molecule has 0 radical (unpaired) electrons. The smallest absolute Gasteiger partial charge is 0.436 e. The highest BCUT2D eigenvalue weighted by molar-refractivity contribution is 7.20. The highest BCUT2D eigenvalue weighted by Gasteiger charge is 2.29. The van der Waals surface area contributed by atoms with Gasteiger partial charge in [0.1, 0.15) is 10.6 Å². The molecule has 5 rings (SSSR count). The van der Waals surface area contributed by atoms with Crippen LogP contribution in [0.4, 0.5) is 26.4 Å². The molecule has 0 bridgehead atoms. The molecule has 4 N–H and O–H groups in total. The van der Waals surface area contributed by atoms with Crippen molar-refractivity contribution in [3.63, 3.8) is 0 Å². The number of nitrogen functional groups attached to an aromatic ring is 1. The molecule has 1 aliphatic heterocycles. The summed E-state index contributed by atoms with van der Waals surface area (Å²) in [7, 11) is 2.08. The van der Waals surface area contributed by atoms with E-state index >= 15 is 0 Å². The number of thiophene rings is 1. The SMILES string of the molecule is CCOC(=O)n1nc(NC(=O)c2ccc(N3CCN(C)CC3)cc2N)c2cc(C(=O)NC(C)(C)c3ccccc3F)sc21. The van der Waals surface area contributed by atoms with Crippen molar-refractivity contribution in [1.29, 1.82) is 0 Å². The topological polar surface area (TPSA) is 135 Å². The van der Waals surface area contributed by atoms with Gasteiger partial charge in [0.15, 0.2) is 5.82 Å². The van der Waals surface area contributed by atoms with Gasteiger partial charge in [-0.1, -0.05) is 18.2 Å². The van der Waals surface area contributed by atoms with E-state index in [4.69, 9.17) is 10.5 Å². The number of amides is 2. The minimum atomic E-state index is -1.03. The summed E-state index contributed by atoms with van der Waals surface area (Å²) in [6.45, 7) is 8.74. The number of benzene rings is 2. The lowest BCUT2D eigenvalue weighted by Crippen LogP contribution is -2.44. The molecular weight excluding hydrogens is 573 g/mol. The molecule has 0 spiro atoms. The molecule has 4 aromatic rings. The van der Waals surface area contributed by atoms with Crippen molar-refractivity contribution in [1.82, 2.24) is 20.0 Å². The molecule has 1 fully saturated rings. The standard InChI is InChI=1S/C30H34FN7O4S/c1-5-42-29(41)38-28-20(17-24(43-28)27(40)34-30(2,3)21-8-6-7-9-22(21)31)25(35-38)33-26(39)19-11-10-18(16-23(19)32)37-14-12-36(4)13-15-37/h6-11,16-17H,5,12-15,32H2,1-4H3,(H,34,40)(H,33,35,39). The monoisotopic (exact) mass is 607 g/mol. The van der Waals surface area contributed by atoms with Crippen molar-refractivity contribution in [2.75, 3.05) is 55.8 Å². The lowest BCUT2D eigenvalue weighted by atomic mass is 9.93. The van der Waals surface area contributed by atoms with Gasteiger partial charge in [-0.25, -0.2) is 9.18 Å². The van der Waals surface area contributed by atoms with Crippen molar-refractivity contribution in [3.05, 3.63) is 70.4 Å². The van der Waals surface area contributed by atoms with Crippen LogP contribution in [-0.2, 0) is 10.3 Å². The maximum absolute atomic E-state index is 14.5. The van der Waals surface area contributed by atoms with E-state index in [0.717, 1.165) is 47.9 Å². The van der Waals surface area contributed by atoms with Crippen molar-refractivity contribution < 1.29 is 23.5 Å². The number of aromatic nitrogens is 2. The number of nitrogens with one attached hydrogen (secondary N) is 2. The number of hydrogen-bond donors (Lipinski definition) is 3. The second kappa shape index (κ2) is 12.0. The average molecular weight is 608 g/mol. The third-order valence-electron chi connectivity index (χ3n) is 7.38. The molecule has 3 heterocycles. The summed E-state index contributed by atoms with van der Waals surface area (Å²) in [5.41, 5.74) is 7.08. The van der Waals surface area contributed by atoms with Gasteiger partial charge < -0.3 is 30.9 Å². The van der Waals surface area contributed by atoms with Gasteiger partial charge in [0.2, 0.25) is 0 Å². The molecule has 0 aliphatic carbocycles. The van der Waals surface area contributed by atoms with E-state index in [2.05, 4.69) is 32.6 Å². The number of carbonyl (C=O) groups is 3. The number of anilines is 3. The molecule has 2 aromatic heterocycles. The fraction of sp³-hybridized carbons (Fsp3) is 0.333. The van der Waals surface area contributed by atoms with Crippen LogP contribution >= 0.6 is 11.3 Å². The number of halogens is 1. The first-order valence-corrected chi connectivity index (χ1v) is 14.7. The zero-order chi connectivity index (χ0) is 30.9. The number of hydrogen-bond acceptors (Lipinski definition) is 9. The molecule has 1 aliphatic rings. The van der Waals surface area contributed by atoms with Gasteiger partial charge in [-0.2, -0.15) is 4.68 Å². The highest BCUT2D eigenvalue weighted by Crippen LogP contribution is 2.33. The fourth-order valence-electron chi connectivity index (χ4n) is 4.99. The number of piperazine rings is 1. The number of fused-ring (bicyclic) bond motifs is 1. The van der Waals surface area contributed by atoms with E-state index in [1.807, 2.05) is 6.07 Å². The van der Waals surface area contributed by atoms with Crippen molar-refractivity contribution in [2.24, 2.45) is 0 Å². The zero-order valence-electron chi connectivity index (χ0n) is 24.4. The molecule has 0 unspecified atom stereocenters. The van der Waals surface area contributed by atoms with E-state index in [9.17, 15) is 18.8 Å². The second-order valence-electron chi connectivity index (χ2n) is 10.9. The van der Waals surface area contributed by atoms with Crippen LogP contribution in [0.25, 0.3) is 10.2 Å². The first kappa shape index (κ1) is 30.0. The predicted molar refractivity (Wildman–Crippen MR) is 165 cm³/mol. The molecule has 13 heteroatoms. The zero-order valence-corrected chi connectivity index (χ0v) is 25.3. The van der Waals surface area contributed by atoms with E-state index in [1.54, 1.807) is 51.1 Å². The van der Waals surface area contributed by atoms with Gasteiger partial charge >= 0.3 is 6.09 Å². The largest absolute Gasteiger partial charge is 0.448 e. The molecule has 2 amide bonds. The predicted octanol–water partition coefficient (Wildman–Crippen LogP) is 4.49. The second-order valence-corrected chi connectivity index (χ2v) is 11.9. The van der Waals surface area contributed by atoms with Crippen molar-refractivity contribution >= 4 is 56.7 Å². The Morgan fingerprint density at radius 3 is 2.47 bits per heavy atom. The van der Waals surface area contributed by atoms with Crippen molar-refractivity contribution in [3.8, 4) is 0 Å². The molecule has 1 saturated heterocycles. The van der Waals surface area contributed by atoms with Gasteiger partial charge in [0.05, 0.1) is 28.0 Å². The summed E-state index contributed by atoms with van der Waals surface area (Å²) in [5.74, 6) is -1.37. The molecular formula is C30H34FN7O4S. The summed E-state index contributed by atoms with van der Waals surface area (Å²) in [5, 5.41) is 10.3. The Bertz CT molecular complexity index is 1690. The van der Waals surface area contributed by atoms with Crippen LogP contribution in [0.2, 0.25) is 0 Å². The van der Waals surface area contributed by atoms with Crippen LogP contribution in [-0.4, -0.2) is 72.4 Å². The maximum atomic E-state index is 14.5. The van der Waals surface area contributed by atoms with Gasteiger partial charge in [0, 0.05) is 43.1 Å². The lowest BCUT2D eigenvalue weighted by molar-refractivity contribution is 0.0914. The summed E-state index contributed by atoms with van der Waals surface area (Å²) >= 11 is 1.000. The number of nitrogens with two attached hydrogens (primary N) is 1. The Labute approximate surface area is 252 Å². The Kier molecular flexibility index (Phi) is 8.38. The van der Waals surface area contributed by atoms with Crippen molar-refractivity contribution in [2.45, 2.75) is 26.3 Å². The van der Waals surface area contributed by atoms with Gasteiger partial charge in [0.25, 0.3) is 11.8 Å². The van der Waals surface area contributed by atoms with E-state index < -0.39 is 29.3 Å². The Morgan fingerprint density at radius 1 is 1.07 bits per heavy atom. The third kappa shape index (κ3) is 6.18. The van der Waals surface area contributed by atoms with Crippen LogP contribution < -0.4 is 21.3 Å². The first-order valence-electron chi connectivity index (χ1n) is 13.9. The van der Waals surface area contributed by atoms with Gasteiger partial charge in [-0.15, -0.1) is 16.4 Å². The number of nitrogens with zero attached hydrogens (tertiary/aromatic N) is 4. The number of carbonyl (C=O) groups excluding carboxylic acids is 3. The number of ether oxygens (including phenoxy) is 1. The molecule has 0 atom stereocenters. The van der Waals surface area contributed by atoms with Gasteiger partial charge in [-0.3, -0.25) is 9.59 Å². The summed E-state index contributed by atoms with van der Waals surface area (Å²) in [4.78, 5) is 44.4. The van der Waals surface area contributed by atoms with Gasteiger partial charge in [-0.05, 0) is 58.2 Å². The molecule has 0 saturated carbocycles. The third-order valence-corrected chi connectivity index (χ3v) is 8.49. The van der Waals surface area contributed by atoms with E-state index in [0.29, 0.717) is 21.5 Å². The normalized spacial score (nSPS) is 14.1. The maximum Gasteiger partial charge on any atom is 0.436 e. The van der Waals surface area contributed by atoms with E-state index in [-0.39, 0.29) is 22.9 Å². The molecule has 226 valence electrons. The minimum Gasteiger partial charge on any atom is -0.448 e. The molecule has 43 heavy (non-hydrogen) atoms. The highest BCUT2D eigenvalue weighted by atomic mass is 32.1. The quantitative estimate of drug-likeness (QED) is 0.262. The number of rotatable bonds is 7. The van der Waals surface area contributed by atoms with Crippen LogP contribution in [0.15, 0.2) is 48.5 Å². The van der Waals surface area contributed by atoms with Crippen LogP contribution in [0.1, 0.15) is 46.4 Å². The Morgan fingerprint density at radius 2 is 1.79 bits per heavy atom. The van der Waals surface area contributed by atoms with Crippen LogP contribution in [0.5, 0.6) is 0 Å². The Hall–Kier alpha value is -4.49.